The summed E-state index contributed by atoms with van der Waals surface area (Å²) < 4.78 is 0. The Balaban J connectivity index is 2.72. The molecule has 0 saturated heterocycles. The van der Waals surface area contributed by atoms with E-state index >= 15 is 0 Å². The lowest BCUT2D eigenvalue weighted by Gasteiger charge is -2.17. The number of nitrogens with one attached hydrogen (secondary N) is 2. The zero-order chi connectivity index (χ0) is 14.3. The largest absolute Gasteiger partial charge is 0.364 e. The van der Waals surface area contributed by atoms with E-state index in [0.717, 1.165) is 37.8 Å². The molecule has 4 heteroatoms. The molecule has 1 atom stereocenters. The Morgan fingerprint density at radius 1 is 1.32 bits per heavy atom. The van der Waals surface area contributed by atoms with Crippen LogP contribution in [-0.4, -0.2) is 16.9 Å². The highest BCUT2D eigenvalue weighted by Gasteiger charge is 2.15. The Kier molecular flexibility index (Phi) is 6.33. The molecule has 19 heavy (non-hydrogen) atoms. The molecule has 1 aromatic rings. The Labute approximate surface area is 114 Å². The van der Waals surface area contributed by atoms with Crippen molar-refractivity contribution in [1.82, 2.24) is 10.3 Å². The van der Waals surface area contributed by atoms with Gasteiger partial charge in [0.1, 0.15) is 5.56 Å². The van der Waals surface area contributed by atoms with Gasteiger partial charge in [0, 0.05) is 24.0 Å². The van der Waals surface area contributed by atoms with Crippen LogP contribution in [0.4, 0.5) is 0 Å². The second kappa shape index (κ2) is 7.77. The van der Waals surface area contributed by atoms with Crippen molar-refractivity contribution in [3.05, 3.63) is 33.7 Å². The van der Waals surface area contributed by atoms with Crippen LogP contribution in [0.3, 0.4) is 0 Å². The predicted octanol–water partition coefficient (Wildman–Crippen LogP) is 2.77. The molecule has 1 rings (SSSR count). The van der Waals surface area contributed by atoms with E-state index in [4.69, 9.17) is 0 Å². The number of rotatable bonds is 7. The molecule has 0 bridgehead atoms. The fourth-order valence-electron chi connectivity index (χ4n) is 2.10. The van der Waals surface area contributed by atoms with E-state index < -0.39 is 0 Å². The van der Waals surface area contributed by atoms with Crippen molar-refractivity contribution in [3.8, 4) is 0 Å². The number of pyridine rings is 1. The number of hydrogen-bond acceptors (Lipinski definition) is 2. The molecule has 0 aliphatic carbocycles. The second-order valence-electron chi connectivity index (χ2n) is 5.00. The third kappa shape index (κ3) is 4.89. The van der Waals surface area contributed by atoms with Crippen molar-refractivity contribution >= 4 is 5.91 Å². The number of unbranched alkanes of at least 4 members (excludes halogenated alkanes) is 1. The molecule has 0 saturated carbocycles. The van der Waals surface area contributed by atoms with Gasteiger partial charge in [-0.05, 0) is 19.8 Å². The minimum atomic E-state index is -0.268. The summed E-state index contributed by atoms with van der Waals surface area (Å²) in [4.78, 5) is 26.8. The Morgan fingerprint density at radius 2 is 2.05 bits per heavy atom. The van der Waals surface area contributed by atoms with E-state index in [2.05, 4.69) is 24.1 Å². The van der Waals surface area contributed by atoms with Gasteiger partial charge >= 0.3 is 0 Å². The molecular formula is C15H24N2O2. The molecule has 1 aromatic heterocycles. The van der Waals surface area contributed by atoms with Crippen molar-refractivity contribution in [2.24, 2.45) is 0 Å². The average Bonchev–Trinajstić information content (AvgIpc) is 2.36. The van der Waals surface area contributed by atoms with E-state index in [0.29, 0.717) is 0 Å². The molecule has 0 fully saturated rings. The monoisotopic (exact) mass is 264 g/mol. The summed E-state index contributed by atoms with van der Waals surface area (Å²) in [5.74, 6) is -0.268. The van der Waals surface area contributed by atoms with Gasteiger partial charge in [-0.1, -0.05) is 33.1 Å². The third-order valence-electron chi connectivity index (χ3n) is 3.18. The lowest BCUT2D eigenvalue weighted by molar-refractivity contribution is 0.0930. The van der Waals surface area contributed by atoms with Gasteiger partial charge in [-0.25, -0.2) is 0 Å². The molecule has 4 nitrogen and oxygen atoms in total. The lowest BCUT2D eigenvalue weighted by Crippen LogP contribution is -2.37. The van der Waals surface area contributed by atoms with Gasteiger partial charge in [-0.3, -0.25) is 9.59 Å². The normalized spacial score (nSPS) is 12.2. The maximum Gasteiger partial charge on any atom is 0.256 e. The summed E-state index contributed by atoms with van der Waals surface area (Å²) in [5, 5.41) is 2.97. The highest BCUT2D eigenvalue weighted by molar-refractivity contribution is 5.93. The zero-order valence-corrected chi connectivity index (χ0v) is 12.1. The average molecular weight is 264 g/mol. The van der Waals surface area contributed by atoms with Gasteiger partial charge in [0.2, 0.25) is 0 Å². The molecule has 1 heterocycles. The molecule has 1 unspecified atom stereocenters. The number of aromatic nitrogens is 1. The number of amides is 1. The molecule has 0 spiro atoms. The molecule has 0 radical (unpaired) electrons. The molecule has 0 aliphatic rings. The van der Waals surface area contributed by atoms with Crippen LogP contribution in [0.5, 0.6) is 0 Å². The van der Waals surface area contributed by atoms with Crippen LogP contribution in [0.2, 0.25) is 0 Å². The molecule has 0 aliphatic heterocycles. The first-order valence-electron chi connectivity index (χ1n) is 7.08. The highest BCUT2D eigenvalue weighted by atomic mass is 16.2. The van der Waals surface area contributed by atoms with E-state index in [1.165, 1.54) is 12.3 Å². The summed E-state index contributed by atoms with van der Waals surface area (Å²) in [6, 6.07) is 1.62. The highest BCUT2D eigenvalue weighted by Crippen LogP contribution is 2.07. The van der Waals surface area contributed by atoms with Gasteiger partial charge < -0.3 is 10.3 Å². The summed E-state index contributed by atoms with van der Waals surface area (Å²) in [7, 11) is 0. The Bertz CT molecular complexity index is 465. The van der Waals surface area contributed by atoms with Crippen LogP contribution < -0.4 is 10.7 Å². The van der Waals surface area contributed by atoms with Gasteiger partial charge in [-0.15, -0.1) is 0 Å². The zero-order valence-electron chi connectivity index (χ0n) is 12.1. The van der Waals surface area contributed by atoms with Gasteiger partial charge in [0.05, 0.1) is 0 Å². The summed E-state index contributed by atoms with van der Waals surface area (Å²) in [5.41, 5.74) is 0.736. The number of H-pyrrole nitrogens is 1. The lowest BCUT2D eigenvalue weighted by atomic mass is 10.0. The smallest absolute Gasteiger partial charge is 0.256 e. The quantitative estimate of drug-likeness (QED) is 0.795. The van der Waals surface area contributed by atoms with Crippen molar-refractivity contribution in [2.45, 2.75) is 58.9 Å². The molecule has 2 N–H and O–H groups in total. The number of aryl methyl sites for hydroxylation is 1. The standard InChI is InChI=1S/C15H24N2O2/c1-4-6-8-12(7-5-2)17-15(19)13-10-16-11(3)9-14(13)18/h9-10,12H,4-8H2,1-3H3,(H,16,18)(H,17,19). The van der Waals surface area contributed by atoms with E-state index in [1.54, 1.807) is 6.92 Å². The van der Waals surface area contributed by atoms with Crippen molar-refractivity contribution < 1.29 is 4.79 Å². The summed E-state index contributed by atoms with van der Waals surface area (Å²) in [6.45, 7) is 6.03. The Hall–Kier alpha value is -1.58. The predicted molar refractivity (Wildman–Crippen MR) is 77.5 cm³/mol. The van der Waals surface area contributed by atoms with Gasteiger partial charge in [-0.2, -0.15) is 0 Å². The van der Waals surface area contributed by atoms with E-state index in [-0.39, 0.29) is 22.9 Å². The van der Waals surface area contributed by atoms with E-state index in [1.807, 2.05) is 0 Å². The van der Waals surface area contributed by atoms with Crippen LogP contribution in [0.1, 0.15) is 62.0 Å². The minimum absolute atomic E-state index is 0.165. The van der Waals surface area contributed by atoms with Crippen LogP contribution in [0.15, 0.2) is 17.1 Å². The molecular weight excluding hydrogens is 240 g/mol. The van der Waals surface area contributed by atoms with Crippen molar-refractivity contribution in [1.29, 1.82) is 0 Å². The number of carbonyl (C=O) groups is 1. The maximum atomic E-state index is 12.1. The Morgan fingerprint density at radius 3 is 2.63 bits per heavy atom. The van der Waals surface area contributed by atoms with Crippen LogP contribution >= 0.6 is 0 Å². The summed E-state index contributed by atoms with van der Waals surface area (Å²) >= 11 is 0. The fourth-order valence-corrected chi connectivity index (χ4v) is 2.10. The van der Waals surface area contributed by atoms with Crippen molar-refractivity contribution in [3.63, 3.8) is 0 Å². The third-order valence-corrected chi connectivity index (χ3v) is 3.18. The number of hydrogen-bond donors (Lipinski definition) is 2. The first kappa shape index (κ1) is 15.5. The van der Waals surface area contributed by atoms with Crippen LogP contribution in [0.25, 0.3) is 0 Å². The topological polar surface area (TPSA) is 62.0 Å². The summed E-state index contributed by atoms with van der Waals surface area (Å²) in [6.07, 6.45) is 6.65. The van der Waals surface area contributed by atoms with Crippen molar-refractivity contribution in [2.75, 3.05) is 0 Å². The molecule has 106 valence electrons. The fraction of sp³-hybridized carbons (Fsp3) is 0.600. The first-order chi connectivity index (χ1) is 9.08. The minimum Gasteiger partial charge on any atom is -0.364 e. The van der Waals surface area contributed by atoms with E-state index in [9.17, 15) is 9.59 Å². The number of carbonyl (C=O) groups excluding carboxylic acids is 1. The maximum absolute atomic E-state index is 12.1. The first-order valence-corrected chi connectivity index (χ1v) is 7.08. The van der Waals surface area contributed by atoms with Gasteiger partial charge in [0.25, 0.3) is 5.91 Å². The van der Waals surface area contributed by atoms with Gasteiger partial charge in [0.15, 0.2) is 5.43 Å². The van der Waals surface area contributed by atoms with Crippen LogP contribution in [-0.2, 0) is 0 Å². The number of aromatic amines is 1. The van der Waals surface area contributed by atoms with Crippen LogP contribution in [0, 0.1) is 6.92 Å². The molecule has 1 amide bonds. The molecule has 0 aromatic carbocycles. The second-order valence-corrected chi connectivity index (χ2v) is 5.00. The SMILES string of the molecule is CCCCC(CCC)NC(=O)c1c[nH]c(C)cc1=O.